The number of furan rings is 1. The Hall–Kier alpha value is -2.05. The van der Waals surface area contributed by atoms with E-state index in [0.29, 0.717) is 6.54 Å². The Morgan fingerprint density at radius 1 is 1.22 bits per heavy atom. The van der Waals surface area contributed by atoms with Gasteiger partial charge >= 0.3 is 0 Å². The van der Waals surface area contributed by atoms with E-state index in [0.717, 1.165) is 17.9 Å². The summed E-state index contributed by atoms with van der Waals surface area (Å²) in [6, 6.07) is 16.1. The molecule has 0 bridgehead atoms. The van der Waals surface area contributed by atoms with Crippen molar-refractivity contribution in [3.8, 4) is 6.07 Å². The standard InChI is InChI=1S/C15H16N2O/c1-17(12-15-8-5-9-18-15)11-14(10-16)13-6-3-2-4-7-13/h2-9,14H,11-12H2,1H3. The van der Waals surface area contributed by atoms with Gasteiger partial charge in [-0.15, -0.1) is 0 Å². The summed E-state index contributed by atoms with van der Waals surface area (Å²) >= 11 is 0. The van der Waals surface area contributed by atoms with E-state index in [1.54, 1.807) is 6.26 Å². The first-order valence-corrected chi connectivity index (χ1v) is 5.95. The first-order valence-electron chi connectivity index (χ1n) is 5.95. The summed E-state index contributed by atoms with van der Waals surface area (Å²) in [5, 5.41) is 9.25. The van der Waals surface area contributed by atoms with Crippen LogP contribution in [0.25, 0.3) is 0 Å². The maximum Gasteiger partial charge on any atom is 0.117 e. The van der Waals surface area contributed by atoms with E-state index in [9.17, 15) is 5.26 Å². The molecule has 3 heteroatoms. The van der Waals surface area contributed by atoms with Crippen LogP contribution < -0.4 is 0 Å². The smallest absolute Gasteiger partial charge is 0.117 e. The highest BCUT2D eigenvalue weighted by Crippen LogP contribution is 2.16. The van der Waals surface area contributed by atoms with E-state index in [1.165, 1.54) is 0 Å². The molecule has 2 rings (SSSR count). The molecule has 1 aromatic heterocycles. The van der Waals surface area contributed by atoms with Gasteiger partial charge in [-0.3, -0.25) is 4.90 Å². The normalized spacial score (nSPS) is 12.3. The van der Waals surface area contributed by atoms with Gasteiger partial charge in [0.15, 0.2) is 0 Å². The molecule has 0 fully saturated rings. The van der Waals surface area contributed by atoms with Crippen LogP contribution in [0.5, 0.6) is 0 Å². The minimum atomic E-state index is -0.105. The SMILES string of the molecule is CN(Cc1ccco1)CC(C#N)c1ccccc1. The highest BCUT2D eigenvalue weighted by atomic mass is 16.3. The first kappa shape index (κ1) is 12.4. The van der Waals surface area contributed by atoms with Crippen molar-refractivity contribution in [2.24, 2.45) is 0 Å². The van der Waals surface area contributed by atoms with Crippen molar-refractivity contribution in [1.82, 2.24) is 4.90 Å². The van der Waals surface area contributed by atoms with Crippen LogP contribution in [0.2, 0.25) is 0 Å². The van der Waals surface area contributed by atoms with E-state index >= 15 is 0 Å². The van der Waals surface area contributed by atoms with Crippen LogP contribution in [0.3, 0.4) is 0 Å². The Morgan fingerprint density at radius 3 is 2.61 bits per heavy atom. The Bertz CT molecular complexity index is 499. The average Bonchev–Trinajstić information content (AvgIpc) is 2.90. The second-order valence-corrected chi connectivity index (χ2v) is 4.37. The molecule has 0 radical (unpaired) electrons. The predicted octanol–water partition coefficient (Wildman–Crippen LogP) is 3.02. The molecule has 0 saturated carbocycles. The first-order chi connectivity index (χ1) is 8.79. The van der Waals surface area contributed by atoms with Crippen LogP contribution in [-0.2, 0) is 6.54 Å². The topological polar surface area (TPSA) is 40.2 Å². The molecule has 0 N–H and O–H groups in total. The number of nitriles is 1. The number of benzene rings is 1. The summed E-state index contributed by atoms with van der Waals surface area (Å²) in [5.74, 6) is 0.813. The molecule has 1 atom stereocenters. The highest BCUT2D eigenvalue weighted by molar-refractivity contribution is 5.25. The monoisotopic (exact) mass is 240 g/mol. The lowest BCUT2D eigenvalue weighted by molar-refractivity contribution is 0.290. The molecular formula is C15H16N2O. The molecular weight excluding hydrogens is 224 g/mol. The fourth-order valence-electron chi connectivity index (χ4n) is 1.95. The van der Waals surface area contributed by atoms with Gasteiger partial charge < -0.3 is 4.42 Å². The van der Waals surface area contributed by atoms with Crippen LogP contribution >= 0.6 is 0 Å². The van der Waals surface area contributed by atoms with Crippen molar-refractivity contribution in [2.45, 2.75) is 12.5 Å². The van der Waals surface area contributed by atoms with Gasteiger partial charge in [-0.1, -0.05) is 30.3 Å². The van der Waals surface area contributed by atoms with Gasteiger partial charge in [0, 0.05) is 6.54 Å². The van der Waals surface area contributed by atoms with Crippen LogP contribution in [0.1, 0.15) is 17.2 Å². The molecule has 2 aromatic rings. The second kappa shape index (κ2) is 6.04. The van der Waals surface area contributed by atoms with Crippen molar-refractivity contribution in [1.29, 1.82) is 5.26 Å². The maximum atomic E-state index is 9.25. The van der Waals surface area contributed by atoms with Gasteiger partial charge in [0.25, 0.3) is 0 Å². The van der Waals surface area contributed by atoms with E-state index in [1.807, 2.05) is 49.5 Å². The molecule has 0 amide bonds. The lowest BCUT2D eigenvalue weighted by Crippen LogP contribution is -2.23. The maximum absolute atomic E-state index is 9.25. The van der Waals surface area contributed by atoms with Crippen LogP contribution in [0, 0.1) is 11.3 Å². The third kappa shape index (κ3) is 3.22. The van der Waals surface area contributed by atoms with Gasteiger partial charge in [-0.25, -0.2) is 0 Å². The van der Waals surface area contributed by atoms with Gasteiger partial charge in [0.1, 0.15) is 5.76 Å². The number of rotatable bonds is 5. The fourth-order valence-corrected chi connectivity index (χ4v) is 1.95. The van der Waals surface area contributed by atoms with Crippen molar-refractivity contribution in [3.63, 3.8) is 0 Å². The molecule has 0 aliphatic rings. The Labute approximate surface area is 107 Å². The molecule has 0 aliphatic carbocycles. The molecule has 1 unspecified atom stereocenters. The lowest BCUT2D eigenvalue weighted by atomic mass is 10.0. The fraction of sp³-hybridized carbons (Fsp3) is 0.267. The van der Waals surface area contributed by atoms with Gasteiger partial charge in [0.05, 0.1) is 24.8 Å². The van der Waals surface area contributed by atoms with E-state index < -0.39 is 0 Å². The number of nitrogens with zero attached hydrogens (tertiary/aromatic N) is 2. The van der Waals surface area contributed by atoms with E-state index in [2.05, 4.69) is 11.0 Å². The van der Waals surface area contributed by atoms with Crippen LogP contribution in [0.4, 0.5) is 0 Å². The third-order valence-corrected chi connectivity index (χ3v) is 2.86. The molecule has 0 aliphatic heterocycles. The minimum absolute atomic E-state index is 0.105. The zero-order valence-electron chi connectivity index (χ0n) is 10.4. The predicted molar refractivity (Wildman–Crippen MR) is 69.8 cm³/mol. The van der Waals surface area contributed by atoms with Crippen LogP contribution in [-0.4, -0.2) is 18.5 Å². The second-order valence-electron chi connectivity index (χ2n) is 4.37. The Kier molecular flexibility index (Phi) is 4.16. The molecule has 0 spiro atoms. The molecule has 0 saturated heterocycles. The molecule has 92 valence electrons. The highest BCUT2D eigenvalue weighted by Gasteiger charge is 2.13. The van der Waals surface area contributed by atoms with Crippen molar-refractivity contribution >= 4 is 0 Å². The van der Waals surface area contributed by atoms with Crippen molar-refractivity contribution in [3.05, 3.63) is 60.1 Å². The third-order valence-electron chi connectivity index (χ3n) is 2.86. The Balaban J connectivity index is 1.97. The van der Waals surface area contributed by atoms with Crippen molar-refractivity contribution in [2.75, 3.05) is 13.6 Å². The number of likely N-dealkylation sites (N-methyl/N-ethyl adjacent to an activating group) is 1. The summed E-state index contributed by atoms with van der Waals surface area (Å²) in [6.07, 6.45) is 1.67. The molecule has 3 nitrogen and oxygen atoms in total. The Morgan fingerprint density at radius 2 is 2.00 bits per heavy atom. The number of hydrogen-bond acceptors (Lipinski definition) is 3. The van der Waals surface area contributed by atoms with Gasteiger partial charge in [-0.2, -0.15) is 5.26 Å². The molecule has 1 aromatic carbocycles. The average molecular weight is 240 g/mol. The van der Waals surface area contributed by atoms with Crippen molar-refractivity contribution < 1.29 is 4.42 Å². The summed E-state index contributed by atoms with van der Waals surface area (Å²) < 4.78 is 5.30. The molecule has 1 heterocycles. The zero-order valence-corrected chi connectivity index (χ0v) is 10.4. The van der Waals surface area contributed by atoms with Crippen LogP contribution in [0.15, 0.2) is 53.1 Å². The summed E-state index contributed by atoms with van der Waals surface area (Å²) in [7, 11) is 2.00. The number of hydrogen-bond donors (Lipinski definition) is 0. The minimum Gasteiger partial charge on any atom is -0.468 e. The summed E-state index contributed by atoms with van der Waals surface area (Å²) in [4.78, 5) is 2.10. The van der Waals surface area contributed by atoms with E-state index in [-0.39, 0.29) is 5.92 Å². The quantitative estimate of drug-likeness (QED) is 0.806. The van der Waals surface area contributed by atoms with E-state index in [4.69, 9.17) is 4.42 Å². The molecule has 18 heavy (non-hydrogen) atoms. The lowest BCUT2D eigenvalue weighted by Gasteiger charge is -2.18. The van der Waals surface area contributed by atoms with Gasteiger partial charge in [0.2, 0.25) is 0 Å². The summed E-state index contributed by atoms with van der Waals surface area (Å²) in [5.41, 5.74) is 1.06. The van der Waals surface area contributed by atoms with Gasteiger partial charge in [-0.05, 0) is 24.7 Å². The summed E-state index contributed by atoms with van der Waals surface area (Å²) in [6.45, 7) is 1.42. The zero-order chi connectivity index (χ0) is 12.8. The largest absolute Gasteiger partial charge is 0.468 e.